The molecule has 86 valence electrons. The van der Waals surface area contributed by atoms with Crippen molar-refractivity contribution in [2.24, 2.45) is 0 Å². The summed E-state index contributed by atoms with van der Waals surface area (Å²) in [5.41, 5.74) is 0. The monoisotopic (exact) mass is 212 g/mol. The molecule has 6 N–H and O–H groups in total. The second-order valence-electron chi connectivity index (χ2n) is 2.85. The maximum Gasteiger partial charge on any atom is 0.183 e. The SMILES string of the molecule is CO[C@@H](O)[C@H](O)[C@H](O)[C@H](O)[C@H](O)CO. The van der Waals surface area contributed by atoms with Gasteiger partial charge < -0.3 is 35.4 Å². The number of rotatable bonds is 6. The smallest absolute Gasteiger partial charge is 0.183 e. The van der Waals surface area contributed by atoms with Crippen molar-refractivity contribution in [1.29, 1.82) is 0 Å². The minimum Gasteiger partial charge on any atom is -0.394 e. The predicted octanol–water partition coefficient (Wildman–Crippen LogP) is -3.61. The zero-order chi connectivity index (χ0) is 11.3. The number of aliphatic hydroxyl groups is 6. The lowest BCUT2D eigenvalue weighted by Crippen LogP contribution is -2.50. The average Bonchev–Trinajstić information content (AvgIpc) is 2.23. The summed E-state index contributed by atoms with van der Waals surface area (Å²) in [5, 5.41) is 53.7. The van der Waals surface area contributed by atoms with Gasteiger partial charge in [0.1, 0.15) is 24.4 Å². The van der Waals surface area contributed by atoms with Crippen molar-refractivity contribution in [3.05, 3.63) is 0 Å². The first-order chi connectivity index (χ1) is 6.45. The molecule has 0 aromatic carbocycles. The lowest BCUT2D eigenvalue weighted by Gasteiger charge is -2.27. The van der Waals surface area contributed by atoms with Gasteiger partial charge in [-0.15, -0.1) is 0 Å². The minimum atomic E-state index is -1.81. The van der Waals surface area contributed by atoms with Crippen LogP contribution in [0.3, 0.4) is 0 Å². The van der Waals surface area contributed by atoms with Crippen molar-refractivity contribution in [2.75, 3.05) is 13.7 Å². The number of aliphatic hydroxyl groups excluding tert-OH is 6. The van der Waals surface area contributed by atoms with Crippen molar-refractivity contribution >= 4 is 0 Å². The highest BCUT2D eigenvalue weighted by atomic mass is 16.6. The number of hydrogen-bond acceptors (Lipinski definition) is 7. The summed E-state index contributed by atoms with van der Waals surface area (Å²) in [6, 6.07) is 0. The van der Waals surface area contributed by atoms with Crippen molar-refractivity contribution < 1.29 is 35.4 Å². The molecule has 0 amide bonds. The normalized spacial score (nSPS) is 22.5. The molecule has 0 rings (SSSR count). The summed E-state index contributed by atoms with van der Waals surface area (Å²) in [5.74, 6) is 0. The molecule has 0 spiro atoms. The van der Waals surface area contributed by atoms with Crippen LogP contribution in [-0.4, -0.2) is 75.1 Å². The van der Waals surface area contributed by atoms with Gasteiger partial charge in [-0.05, 0) is 0 Å². The van der Waals surface area contributed by atoms with E-state index in [2.05, 4.69) is 4.74 Å². The lowest BCUT2D eigenvalue weighted by molar-refractivity contribution is -0.201. The van der Waals surface area contributed by atoms with Gasteiger partial charge in [-0.1, -0.05) is 0 Å². The van der Waals surface area contributed by atoms with E-state index in [4.69, 9.17) is 25.5 Å². The summed E-state index contributed by atoms with van der Waals surface area (Å²) in [7, 11) is 1.09. The largest absolute Gasteiger partial charge is 0.394 e. The van der Waals surface area contributed by atoms with Crippen LogP contribution in [0.2, 0.25) is 0 Å². The van der Waals surface area contributed by atoms with E-state index >= 15 is 0 Å². The molecule has 7 heteroatoms. The Hall–Kier alpha value is -0.280. The Morgan fingerprint density at radius 3 is 1.79 bits per heavy atom. The molecule has 0 unspecified atom stereocenters. The van der Waals surface area contributed by atoms with Crippen molar-refractivity contribution in [3.63, 3.8) is 0 Å². The number of ether oxygens (including phenoxy) is 1. The zero-order valence-electron chi connectivity index (χ0n) is 7.69. The van der Waals surface area contributed by atoms with Crippen LogP contribution in [0.5, 0.6) is 0 Å². The van der Waals surface area contributed by atoms with Crippen LogP contribution in [-0.2, 0) is 4.74 Å². The summed E-state index contributed by atoms with van der Waals surface area (Å²) in [4.78, 5) is 0. The molecule has 0 aliphatic carbocycles. The summed E-state index contributed by atoms with van der Waals surface area (Å²) >= 11 is 0. The average molecular weight is 212 g/mol. The van der Waals surface area contributed by atoms with Crippen molar-refractivity contribution in [2.45, 2.75) is 30.7 Å². The fourth-order valence-electron chi connectivity index (χ4n) is 0.846. The van der Waals surface area contributed by atoms with Crippen LogP contribution in [0, 0.1) is 0 Å². The van der Waals surface area contributed by atoms with E-state index in [-0.39, 0.29) is 0 Å². The quantitative estimate of drug-likeness (QED) is 0.251. The highest BCUT2D eigenvalue weighted by molar-refractivity contribution is 4.81. The van der Waals surface area contributed by atoms with Gasteiger partial charge in [0, 0.05) is 7.11 Å². The van der Waals surface area contributed by atoms with E-state index < -0.39 is 37.3 Å². The van der Waals surface area contributed by atoms with Crippen LogP contribution >= 0.6 is 0 Å². The molecule has 0 aliphatic rings. The Kier molecular flexibility index (Phi) is 6.12. The molecule has 0 bridgehead atoms. The van der Waals surface area contributed by atoms with Gasteiger partial charge in [0.25, 0.3) is 0 Å². The van der Waals surface area contributed by atoms with Crippen LogP contribution in [0.1, 0.15) is 0 Å². The molecular formula is C7H16O7. The Balaban J connectivity index is 4.22. The second-order valence-corrected chi connectivity index (χ2v) is 2.85. The minimum absolute atomic E-state index is 0.770. The maximum atomic E-state index is 9.18. The van der Waals surface area contributed by atoms with Gasteiger partial charge in [0.2, 0.25) is 0 Å². The first-order valence-electron chi connectivity index (χ1n) is 3.99. The summed E-state index contributed by atoms with van der Waals surface area (Å²) in [6.45, 7) is -0.770. The van der Waals surface area contributed by atoms with E-state index in [1.807, 2.05) is 0 Å². The summed E-state index contributed by atoms with van der Waals surface area (Å²) in [6.07, 6.45) is -8.61. The van der Waals surface area contributed by atoms with Gasteiger partial charge in [0.05, 0.1) is 6.61 Å². The van der Waals surface area contributed by atoms with Gasteiger partial charge in [0.15, 0.2) is 6.29 Å². The number of methoxy groups -OCH3 is 1. The Morgan fingerprint density at radius 2 is 1.43 bits per heavy atom. The molecule has 5 atom stereocenters. The van der Waals surface area contributed by atoms with Gasteiger partial charge in [-0.2, -0.15) is 0 Å². The predicted molar refractivity (Wildman–Crippen MR) is 44.1 cm³/mol. The molecule has 0 saturated carbocycles. The fraction of sp³-hybridized carbons (Fsp3) is 1.00. The van der Waals surface area contributed by atoms with Crippen molar-refractivity contribution in [3.8, 4) is 0 Å². The zero-order valence-corrected chi connectivity index (χ0v) is 7.69. The molecule has 0 radical (unpaired) electrons. The Bertz CT molecular complexity index is 137. The Morgan fingerprint density at radius 1 is 0.929 bits per heavy atom. The van der Waals surface area contributed by atoms with E-state index in [0.29, 0.717) is 0 Å². The third-order valence-corrected chi connectivity index (χ3v) is 1.81. The van der Waals surface area contributed by atoms with E-state index in [1.54, 1.807) is 0 Å². The molecule has 14 heavy (non-hydrogen) atoms. The second kappa shape index (κ2) is 6.25. The van der Waals surface area contributed by atoms with Crippen LogP contribution in [0.4, 0.5) is 0 Å². The Labute approximate surface area is 80.8 Å². The molecule has 0 saturated heterocycles. The van der Waals surface area contributed by atoms with Crippen molar-refractivity contribution in [1.82, 2.24) is 0 Å². The molecule has 0 aromatic rings. The van der Waals surface area contributed by atoms with Crippen LogP contribution in [0.25, 0.3) is 0 Å². The molecule has 7 nitrogen and oxygen atoms in total. The lowest BCUT2D eigenvalue weighted by atomic mass is 10.0. The van der Waals surface area contributed by atoms with Gasteiger partial charge in [-0.25, -0.2) is 0 Å². The molecule has 0 fully saturated rings. The highest BCUT2D eigenvalue weighted by Crippen LogP contribution is 2.08. The van der Waals surface area contributed by atoms with Gasteiger partial charge in [-0.3, -0.25) is 0 Å². The third-order valence-electron chi connectivity index (χ3n) is 1.81. The molecule has 0 heterocycles. The highest BCUT2D eigenvalue weighted by Gasteiger charge is 2.33. The topological polar surface area (TPSA) is 131 Å². The van der Waals surface area contributed by atoms with Crippen LogP contribution < -0.4 is 0 Å². The standard InChI is InChI=1S/C7H16O7/c1-14-7(13)6(12)5(11)4(10)3(9)2-8/h3-13H,2H2,1H3/t3-,4-,5-,6-,7-/m1/s1. The maximum absolute atomic E-state index is 9.18. The third kappa shape index (κ3) is 3.46. The number of hydrogen-bond donors (Lipinski definition) is 6. The fourth-order valence-corrected chi connectivity index (χ4v) is 0.846. The molecule has 0 aliphatic heterocycles. The van der Waals surface area contributed by atoms with Crippen LogP contribution in [0.15, 0.2) is 0 Å². The first-order valence-corrected chi connectivity index (χ1v) is 3.99. The van der Waals surface area contributed by atoms with E-state index in [9.17, 15) is 5.11 Å². The molecule has 0 aromatic heterocycles. The van der Waals surface area contributed by atoms with E-state index in [0.717, 1.165) is 7.11 Å². The first kappa shape index (κ1) is 13.7. The summed E-state index contributed by atoms with van der Waals surface area (Å²) < 4.78 is 4.29. The van der Waals surface area contributed by atoms with Gasteiger partial charge >= 0.3 is 0 Å². The molecular weight excluding hydrogens is 196 g/mol. The van der Waals surface area contributed by atoms with E-state index in [1.165, 1.54) is 0 Å².